The van der Waals surface area contributed by atoms with Gasteiger partial charge in [-0.2, -0.15) is 9.97 Å². The molecule has 0 amide bonds. The number of alkyl halides is 1. The van der Waals surface area contributed by atoms with Crippen molar-refractivity contribution in [3.8, 4) is 11.8 Å². The number of ether oxygens (including phenoxy) is 2. The van der Waals surface area contributed by atoms with E-state index < -0.39 is 0 Å². The van der Waals surface area contributed by atoms with E-state index in [0.29, 0.717) is 28.3 Å². The smallest absolute Gasteiger partial charge is 0.220 e. The number of hydrogen-bond donors (Lipinski definition) is 1. The highest BCUT2D eigenvalue weighted by molar-refractivity contribution is 6.33. The lowest BCUT2D eigenvalue weighted by molar-refractivity contribution is 0.367. The van der Waals surface area contributed by atoms with Crippen molar-refractivity contribution in [3.63, 3.8) is 0 Å². The molecule has 0 saturated heterocycles. The quantitative estimate of drug-likeness (QED) is 0.675. The Bertz CT molecular complexity index is 615. The van der Waals surface area contributed by atoms with Gasteiger partial charge < -0.3 is 15.2 Å². The number of halogens is 2. The van der Waals surface area contributed by atoms with Crippen molar-refractivity contribution in [1.29, 1.82) is 0 Å². The molecule has 1 aromatic carbocycles. The summed E-state index contributed by atoms with van der Waals surface area (Å²) in [5.74, 6) is 1.20. The fraction of sp³-hybridized carbons (Fsp3) is 0.286. The Hall–Kier alpha value is -1.72. The van der Waals surface area contributed by atoms with E-state index in [2.05, 4.69) is 9.97 Å². The van der Waals surface area contributed by atoms with Crippen LogP contribution < -0.4 is 15.2 Å². The minimum absolute atomic E-state index is 0.251. The number of rotatable bonds is 5. The van der Waals surface area contributed by atoms with E-state index in [1.54, 1.807) is 12.1 Å². The second-order valence-electron chi connectivity index (χ2n) is 4.26. The summed E-state index contributed by atoms with van der Waals surface area (Å²) in [5.41, 5.74) is 7.27. The Balaban J connectivity index is 2.53. The number of nitrogens with two attached hydrogens (primary N) is 1. The van der Waals surface area contributed by atoms with Crippen molar-refractivity contribution in [1.82, 2.24) is 9.97 Å². The lowest BCUT2D eigenvalue weighted by atomic mass is 9.98. The van der Waals surface area contributed by atoms with Crippen LogP contribution in [0.4, 0.5) is 5.69 Å². The molecule has 0 aliphatic heterocycles. The van der Waals surface area contributed by atoms with Gasteiger partial charge in [-0.1, -0.05) is 23.7 Å². The third-order valence-electron chi connectivity index (χ3n) is 3.04. The van der Waals surface area contributed by atoms with Gasteiger partial charge in [-0.05, 0) is 11.6 Å². The zero-order valence-corrected chi connectivity index (χ0v) is 13.1. The molecule has 1 aromatic heterocycles. The summed E-state index contributed by atoms with van der Waals surface area (Å²) in [6.07, 6.45) is 0. The number of anilines is 1. The number of hydrogen-bond acceptors (Lipinski definition) is 5. The average molecular weight is 328 g/mol. The second-order valence-corrected chi connectivity index (χ2v) is 4.98. The lowest BCUT2D eigenvalue weighted by Gasteiger charge is -2.17. The summed E-state index contributed by atoms with van der Waals surface area (Å²) < 4.78 is 10.3. The molecule has 0 bridgehead atoms. The summed E-state index contributed by atoms with van der Waals surface area (Å²) in [6.45, 7) is 0. The van der Waals surface area contributed by atoms with E-state index in [9.17, 15) is 0 Å². The van der Waals surface area contributed by atoms with Crippen molar-refractivity contribution in [2.24, 2.45) is 0 Å². The van der Waals surface area contributed by atoms with E-state index in [-0.39, 0.29) is 11.8 Å². The summed E-state index contributed by atoms with van der Waals surface area (Å²) >= 11 is 12.2. The van der Waals surface area contributed by atoms with Crippen LogP contribution in [0.15, 0.2) is 24.3 Å². The topological polar surface area (TPSA) is 70.3 Å². The van der Waals surface area contributed by atoms with E-state index in [0.717, 1.165) is 5.56 Å². The number of methoxy groups -OCH3 is 2. The maximum Gasteiger partial charge on any atom is 0.220 e. The van der Waals surface area contributed by atoms with Crippen LogP contribution in [-0.4, -0.2) is 30.1 Å². The van der Waals surface area contributed by atoms with Gasteiger partial charge in [0.1, 0.15) is 5.82 Å². The summed E-state index contributed by atoms with van der Waals surface area (Å²) in [4.78, 5) is 8.64. The van der Waals surface area contributed by atoms with E-state index in [1.165, 1.54) is 14.2 Å². The van der Waals surface area contributed by atoms with E-state index in [1.807, 2.05) is 12.1 Å². The summed E-state index contributed by atoms with van der Waals surface area (Å²) in [6, 6.07) is 6.98. The normalized spacial score (nSPS) is 12.0. The third-order valence-corrected chi connectivity index (χ3v) is 3.68. The highest BCUT2D eigenvalue weighted by Gasteiger charge is 2.21. The maximum atomic E-state index is 6.09. The van der Waals surface area contributed by atoms with Gasteiger partial charge in [0.15, 0.2) is 0 Å². The van der Waals surface area contributed by atoms with Crippen LogP contribution in [-0.2, 0) is 0 Å². The molecule has 0 fully saturated rings. The van der Waals surface area contributed by atoms with Crippen LogP contribution in [0, 0.1) is 0 Å². The predicted molar refractivity (Wildman–Crippen MR) is 83.6 cm³/mol. The molecule has 0 saturated carbocycles. The van der Waals surface area contributed by atoms with Gasteiger partial charge in [0.2, 0.25) is 11.8 Å². The van der Waals surface area contributed by atoms with E-state index in [4.69, 9.17) is 38.4 Å². The van der Waals surface area contributed by atoms with Crippen molar-refractivity contribution >= 4 is 28.9 Å². The maximum absolute atomic E-state index is 6.09. The molecule has 21 heavy (non-hydrogen) atoms. The zero-order valence-electron chi connectivity index (χ0n) is 11.6. The monoisotopic (exact) mass is 327 g/mol. The number of benzene rings is 1. The largest absolute Gasteiger partial charge is 0.481 e. The standard InChI is InChI=1S/C14H15Cl2N3O2/c1-20-11-6-12(21-2)19-14(18-11)9(7-15)8-4-3-5-10(16)13(8)17/h3-6,9H,7,17H2,1-2H3. The van der Waals surface area contributed by atoms with Gasteiger partial charge in [-0.15, -0.1) is 11.6 Å². The number of aromatic nitrogens is 2. The minimum atomic E-state index is -0.311. The molecule has 2 N–H and O–H groups in total. The molecule has 5 nitrogen and oxygen atoms in total. The first kappa shape index (κ1) is 15.7. The van der Waals surface area contributed by atoms with Crippen LogP contribution in [0.3, 0.4) is 0 Å². The zero-order chi connectivity index (χ0) is 15.4. The van der Waals surface area contributed by atoms with Gasteiger partial charge in [0.05, 0.1) is 36.9 Å². The Morgan fingerprint density at radius 2 is 1.81 bits per heavy atom. The van der Waals surface area contributed by atoms with Crippen molar-refractivity contribution in [2.45, 2.75) is 5.92 Å². The fourth-order valence-electron chi connectivity index (χ4n) is 1.93. The van der Waals surface area contributed by atoms with E-state index >= 15 is 0 Å². The van der Waals surface area contributed by atoms with Gasteiger partial charge in [-0.3, -0.25) is 0 Å². The lowest BCUT2D eigenvalue weighted by Crippen LogP contribution is -2.11. The van der Waals surface area contributed by atoms with Crippen LogP contribution in [0.25, 0.3) is 0 Å². The Kier molecular flexibility index (Phi) is 5.09. The van der Waals surface area contributed by atoms with Crippen molar-refractivity contribution in [2.75, 3.05) is 25.8 Å². The molecule has 1 heterocycles. The van der Waals surface area contributed by atoms with Crippen LogP contribution >= 0.6 is 23.2 Å². The first-order valence-electron chi connectivity index (χ1n) is 6.17. The highest BCUT2D eigenvalue weighted by Crippen LogP contribution is 2.33. The van der Waals surface area contributed by atoms with Crippen LogP contribution in [0.2, 0.25) is 5.02 Å². The van der Waals surface area contributed by atoms with Gasteiger partial charge in [0, 0.05) is 5.88 Å². The van der Waals surface area contributed by atoms with Crippen LogP contribution in [0.1, 0.15) is 17.3 Å². The van der Waals surface area contributed by atoms with Gasteiger partial charge in [0.25, 0.3) is 0 Å². The Morgan fingerprint density at radius 1 is 1.19 bits per heavy atom. The fourth-order valence-corrected chi connectivity index (χ4v) is 2.42. The number of para-hydroxylation sites is 1. The molecule has 1 unspecified atom stereocenters. The molecule has 0 radical (unpaired) electrons. The van der Waals surface area contributed by atoms with Gasteiger partial charge in [-0.25, -0.2) is 0 Å². The minimum Gasteiger partial charge on any atom is -0.481 e. The Labute approximate surface area is 133 Å². The molecular weight excluding hydrogens is 313 g/mol. The molecule has 0 aliphatic rings. The molecule has 0 spiro atoms. The van der Waals surface area contributed by atoms with Crippen LogP contribution in [0.5, 0.6) is 11.8 Å². The van der Waals surface area contributed by atoms with Crippen molar-refractivity contribution < 1.29 is 9.47 Å². The molecule has 2 rings (SSSR count). The average Bonchev–Trinajstić information content (AvgIpc) is 2.51. The first-order chi connectivity index (χ1) is 10.1. The Morgan fingerprint density at radius 3 is 2.33 bits per heavy atom. The van der Waals surface area contributed by atoms with Gasteiger partial charge >= 0.3 is 0 Å². The second kappa shape index (κ2) is 6.83. The highest BCUT2D eigenvalue weighted by atomic mass is 35.5. The van der Waals surface area contributed by atoms with Crippen molar-refractivity contribution in [3.05, 3.63) is 40.7 Å². The molecule has 2 aromatic rings. The summed E-state index contributed by atoms with van der Waals surface area (Å²) in [7, 11) is 3.05. The first-order valence-corrected chi connectivity index (χ1v) is 7.08. The molecular formula is C14H15Cl2N3O2. The number of nitrogen functional groups attached to an aromatic ring is 1. The third kappa shape index (κ3) is 3.31. The molecule has 7 heteroatoms. The predicted octanol–water partition coefficient (Wildman–Crippen LogP) is 3.10. The summed E-state index contributed by atoms with van der Waals surface area (Å²) in [5, 5.41) is 0.470. The molecule has 0 aliphatic carbocycles. The SMILES string of the molecule is COc1cc(OC)nc(C(CCl)c2cccc(Cl)c2N)n1. The molecule has 112 valence electrons. The molecule has 1 atom stereocenters. The number of nitrogens with zero attached hydrogens (tertiary/aromatic N) is 2.